The molecule has 1 aliphatic rings. The molecule has 0 saturated heterocycles. The van der Waals surface area contributed by atoms with Crippen LogP contribution in [0, 0.1) is 0 Å². The topological polar surface area (TPSA) is 32.7 Å². The molecular weight excluding hydrogens is 250 g/mol. The summed E-state index contributed by atoms with van der Waals surface area (Å²) in [5.74, 6) is -5.99. The maximum Gasteiger partial charge on any atom is 0.118 e. The third-order valence-corrected chi connectivity index (χ3v) is 2.21. The normalized spacial score (nSPS) is 52.9. The van der Waals surface area contributed by atoms with E-state index in [9.17, 15) is 6.48 Å². The molecule has 1 aliphatic carbocycles. The van der Waals surface area contributed by atoms with E-state index in [4.69, 9.17) is 30.2 Å². The molecular formula is C17H27NO2. The van der Waals surface area contributed by atoms with E-state index in [1.807, 2.05) is 0 Å². The summed E-state index contributed by atoms with van der Waals surface area (Å²) in [5, 5.41) is 12.1. The van der Waals surface area contributed by atoms with E-state index in [1.165, 1.54) is 0 Å². The van der Waals surface area contributed by atoms with Crippen molar-refractivity contribution in [2.45, 2.75) is 43.4 Å². The molecule has 0 amide bonds. The summed E-state index contributed by atoms with van der Waals surface area (Å²) < 4.78 is 192. The Bertz CT molecular complexity index is 1220. The second kappa shape index (κ2) is 6.59. The Morgan fingerprint density at radius 2 is 2.20 bits per heavy atom. The number of aliphatic hydroxyl groups is 1. The van der Waals surface area contributed by atoms with Gasteiger partial charge in [-0.25, -0.2) is 0 Å². The van der Waals surface area contributed by atoms with Gasteiger partial charge in [-0.3, -0.25) is 0 Å². The van der Waals surface area contributed by atoms with Gasteiger partial charge in [0, 0.05) is 34.3 Å². The first kappa shape index (κ1) is 3.31. The Morgan fingerprint density at radius 1 is 1.50 bits per heavy atom. The highest BCUT2D eigenvalue weighted by atomic mass is 16.5. The summed E-state index contributed by atoms with van der Waals surface area (Å²) in [5.41, 5.74) is -6.81. The van der Waals surface area contributed by atoms with E-state index in [1.54, 1.807) is 0 Å². The van der Waals surface area contributed by atoms with Crippen molar-refractivity contribution in [3.63, 3.8) is 0 Å². The Labute approximate surface area is 154 Å². The van der Waals surface area contributed by atoms with Crippen molar-refractivity contribution in [3.05, 3.63) is 29.7 Å². The van der Waals surface area contributed by atoms with Gasteiger partial charge in [-0.2, -0.15) is 0 Å². The molecule has 20 heavy (non-hydrogen) atoms. The largest absolute Gasteiger partial charge is 0.497 e. The van der Waals surface area contributed by atoms with E-state index in [-0.39, 0.29) is 4.90 Å². The molecule has 1 N–H and O–H groups in total. The number of likely N-dealkylation sites (N-methyl/N-ethyl adjacent to an activating group) is 1. The second-order valence-corrected chi connectivity index (χ2v) is 3.69. The van der Waals surface area contributed by atoms with E-state index >= 15 is 0 Å². The molecule has 1 aromatic carbocycles. The van der Waals surface area contributed by atoms with Crippen LogP contribution in [0.1, 0.15) is 74.8 Å². The van der Waals surface area contributed by atoms with E-state index in [2.05, 4.69) is 4.74 Å². The molecule has 3 heteroatoms. The fourth-order valence-corrected chi connectivity index (χ4v) is 1.39. The molecule has 112 valence electrons. The van der Waals surface area contributed by atoms with Crippen molar-refractivity contribution in [1.29, 1.82) is 0 Å². The second-order valence-electron chi connectivity index (χ2n) is 3.69. The standard InChI is InChI=1S/C17H27NO2/c1-18(2)13-16(17(19)11-5-4-6-12-17)14-7-9-15(20-3)10-8-14/h7-10,16,19H,4-6,11-13H2,1-3H3/i1D3,3D3,4D2,5D2,6D2,7D,8D,9D,10D,11D2,12D2,13D2,16D. The number of methoxy groups -OCH3 is 1. The van der Waals surface area contributed by atoms with Crippen molar-refractivity contribution in [2.75, 3.05) is 27.6 Å². The minimum absolute atomic E-state index is 0.384. The number of nitrogens with zero attached hydrogens (tertiary/aromatic N) is 1. The molecule has 0 heterocycles. The van der Waals surface area contributed by atoms with Gasteiger partial charge < -0.3 is 14.7 Å². The van der Waals surface area contributed by atoms with Gasteiger partial charge in [0.1, 0.15) is 5.75 Å². The lowest BCUT2D eigenvalue weighted by Crippen LogP contribution is -2.42. The Balaban J connectivity index is 3.43. The predicted molar refractivity (Wildman–Crippen MR) is 82.3 cm³/mol. The summed E-state index contributed by atoms with van der Waals surface area (Å²) in [4.78, 5) is -0.384. The van der Waals surface area contributed by atoms with Crippen LogP contribution >= 0.6 is 0 Å². The lowest BCUT2D eigenvalue weighted by Gasteiger charge is -2.40. The van der Waals surface area contributed by atoms with Crippen molar-refractivity contribution in [1.82, 2.24) is 4.90 Å². The smallest absolute Gasteiger partial charge is 0.118 e. The molecule has 0 radical (unpaired) electrons. The van der Waals surface area contributed by atoms with Crippen molar-refractivity contribution in [3.8, 4) is 5.75 Å². The van der Waals surface area contributed by atoms with Crippen molar-refractivity contribution < 1.29 is 41.4 Å². The molecule has 3 nitrogen and oxygen atoms in total. The molecule has 1 fully saturated rings. The number of ether oxygens (including phenoxy) is 1. The molecule has 0 aromatic heterocycles. The zero-order chi connectivity index (χ0) is 34.7. The van der Waals surface area contributed by atoms with Gasteiger partial charge in [-0.05, 0) is 44.4 Å². The minimum Gasteiger partial charge on any atom is -0.497 e. The van der Waals surface area contributed by atoms with Gasteiger partial charge in [-0.15, -0.1) is 0 Å². The van der Waals surface area contributed by atoms with Gasteiger partial charge in [0.25, 0.3) is 0 Å². The van der Waals surface area contributed by atoms with Crippen LogP contribution in [-0.2, 0) is 0 Å². The first-order valence-corrected chi connectivity index (χ1v) is 5.28. The highest BCUT2D eigenvalue weighted by Crippen LogP contribution is 2.40. The SMILES string of the molecule is [2H]c1c([2H])c(C([2H])(C([2H])([2H])N(C)C([2H])([2H])[2H])C2(O)C([2H])([2H])C([2H])([2H])C([2H])([2H])C([2H])([2H])C2([2H])[2H])c([2H])c([2H])c1OC([2H])([2H])[2H]. The predicted octanol–water partition coefficient (Wildman–Crippen LogP) is 3.04. The van der Waals surface area contributed by atoms with Gasteiger partial charge in [-0.1, -0.05) is 31.2 Å². The van der Waals surface area contributed by atoms with Crippen LogP contribution in [0.4, 0.5) is 0 Å². The Hall–Kier alpha value is -1.06. The van der Waals surface area contributed by atoms with Crippen LogP contribution in [0.3, 0.4) is 0 Å². The quantitative estimate of drug-likeness (QED) is 0.907. The Morgan fingerprint density at radius 3 is 2.80 bits per heavy atom. The first-order valence-electron chi connectivity index (χ1n) is 16.8. The lowest BCUT2D eigenvalue weighted by atomic mass is 9.72. The molecule has 1 saturated carbocycles. The maximum atomic E-state index is 12.1. The monoisotopic (exact) mass is 300 g/mol. The molecule has 1 atom stereocenters. The van der Waals surface area contributed by atoms with Crippen LogP contribution in [0.2, 0.25) is 0 Å². The summed E-state index contributed by atoms with van der Waals surface area (Å²) >= 11 is 0. The molecule has 0 bridgehead atoms. The summed E-state index contributed by atoms with van der Waals surface area (Å²) in [6.07, 6.45) is -22.2. The third kappa shape index (κ3) is 3.53. The lowest BCUT2D eigenvalue weighted by molar-refractivity contribution is -0.0277. The Kier molecular flexibility index (Phi) is 1.09. The zero-order valence-corrected chi connectivity index (χ0v) is 10.3. The van der Waals surface area contributed by atoms with E-state index in [0.717, 1.165) is 0 Å². The summed E-state index contributed by atoms with van der Waals surface area (Å²) in [6, 6.07) is -6.43. The van der Waals surface area contributed by atoms with Gasteiger partial charge in [0.05, 0.1) is 22.2 Å². The van der Waals surface area contributed by atoms with Gasteiger partial charge in [0.2, 0.25) is 0 Å². The molecule has 1 unspecified atom stereocenters. The molecule has 0 aliphatic heterocycles. The highest BCUT2D eigenvalue weighted by Gasteiger charge is 2.38. The average molecular weight is 301 g/mol. The number of benzene rings is 1. The molecule has 2 rings (SSSR count). The average Bonchev–Trinajstić information content (AvgIpc) is 2.81. The minimum atomic E-state index is -4.95. The fraction of sp³-hybridized carbons (Fsp3) is 0.647. The van der Waals surface area contributed by atoms with Crippen molar-refractivity contribution in [2.24, 2.45) is 0 Å². The first-order chi connectivity index (χ1) is 18.5. The number of rotatable bonds is 5. The van der Waals surface area contributed by atoms with Crippen LogP contribution < -0.4 is 4.74 Å². The summed E-state index contributed by atoms with van der Waals surface area (Å²) in [6.45, 7) is -7.99. The van der Waals surface area contributed by atoms with Crippen molar-refractivity contribution >= 4 is 0 Å². The van der Waals surface area contributed by atoms with Crippen LogP contribution in [0.15, 0.2) is 24.2 Å². The van der Waals surface area contributed by atoms with Gasteiger partial charge in [0.15, 0.2) is 0 Å². The maximum absolute atomic E-state index is 12.1. The zero-order valence-electron chi connectivity index (χ0n) is 33.3. The highest BCUT2D eigenvalue weighted by molar-refractivity contribution is 5.31. The molecule has 1 aromatic rings. The fourth-order valence-electron chi connectivity index (χ4n) is 1.39. The summed E-state index contributed by atoms with van der Waals surface area (Å²) in [7, 11) is -3.02. The molecule has 0 spiro atoms. The van der Waals surface area contributed by atoms with Crippen LogP contribution in [0.25, 0.3) is 0 Å². The van der Waals surface area contributed by atoms with E-state index in [0.29, 0.717) is 7.05 Å². The number of hydrogen-bond acceptors (Lipinski definition) is 3. The third-order valence-electron chi connectivity index (χ3n) is 2.21. The van der Waals surface area contributed by atoms with Gasteiger partial charge >= 0.3 is 0 Å². The van der Waals surface area contributed by atoms with E-state index < -0.39 is 99.4 Å². The number of hydrogen-bond donors (Lipinski definition) is 1. The van der Waals surface area contributed by atoms with Crippen LogP contribution in [0.5, 0.6) is 5.75 Å². The van der Waals surface area contributed by atoms with Crippen LogP contribution in [-0.4, -0.2) is 43.2 Å².